The number of pyridine rings is 1. The molecule has 8 nitrogen and oxygen atoms in total. The van der Waals surface area contributed by atoms with Crippen molar-refractivity contribution < 1.29 is 49.4 Å². The molecule has 0 radical (unpaired) electrons. The van der Waals surface area contributed by atoms with Gasteiger partial charge in [-0.15, -0.1) is 10.2 Å². The molecule has 1 aliphatic heterocycles. The highest BCUT2D eigenvalue weighted by Crippen LogP contribution is 2.45. The van der Waals surface area contributed by atoms with Crippen molar-refractivity contribution in [1.82, 2.24) is 20.1 Å². The quantitative estimate of drug-likeness (QED) is 0.534. The smallest absolute Gasteiger partial charge is 0.416 e. The molecule has 2 aromatic heterocycles. The number of rotatable bonds is 2. The first-order chi connectivity index (χ1) is 17.0. The van der Waals surface area contributed by atoms with Crippen LogP contribution in [-0.2, 0) is 11.8 Å². The summed E-state index contributed by atoms with van der Waals surface area (Å²) in [5, 5.41) is 17.0. The predicted octanol–water partition coefficient (Wildman–Crippen LogP) is 4.54. The molecule has 16 heteroatoms. The van der Waals surface area contributed by atoms with Crippen LogP contribution in [0.4, 0.5) is 40.8 Å². The molecule has 1 atom stereocenters. The zero-order valence-electron chi connectivity index (χ0n) is 19.0. The Kier molecular flexibility index (Phi) is 6.61. The van der Waals surface area contributed by atoms with Crippen molar-refractivity contribution in [1.29, 1.82) is 0 Å². The average Bonchev–Trinajstić information content (AvgIpc) is 3.24. The molecule has 0 saturated heterocycles. The fourth-order valence-corrected chi connectivity index (χ4v) is 4.45. The minimum absolute atomic E-state index is 0.0105. The van der Waals surface area contributed by atoms with Crippen LogP contribution < -0.4 is 5.73 Å². The van der Waals surface area contributed by atoms with E-state index < -0.39 is 89.4 Å². The number of nitrogen functional groups attached to an aromatic ring is 1. The third-order valence-corrected chi connectivity index (χ3v) is 6.42. The SMILES string of the molecule is Nc1cc(C(F)(F)F)c2nc1-c1nnc(o1)[C@@](O)(C(F)(F)F)CCCCCN(CC1CC(F)(F)C1)C2=O. The van der Waals surface area contributed by atoms with Gasteiger partial charge in [0.15, 0.2) is 5.69 Å². The monoisotopic (exact) mass is 543 g/mol. The van der Waals surface area contributed by atoms with Crippen LogP contribution in [0, 0.1) is 5.92 Å². The lowest BCUT2D eigenvalue weighted by Crippen LogP contribution is -2.45. The molecule has 1 amide bonds. The molecule has 37 heavy (non-hydrogen) atoms. The zero-order chi connectivity index (χ0) is 27.4. The van der Waals surface area contributed by atoms with Crippen molar-refractivity contribution >= 4 is 11.6 Å². The molecular formula is C21H21F8N5O3. The standard InChI is InChI=1S/C21H21F8N5O3/c22-18(23)7-10(8-18)9-34-5-3-1-2-4-19(36,21(27,28)29)17-33-32-15(37-17)14-12(30)6-11(20(24,25)26)13(31-14)16(34)35/h6,10,36H,1-5,7-9,30H2/t19-/m1/s1. The topological polar surface area (TPSA) is 118 Å². The maximum absolute atomic E-state index is 13.8. The Bertz CT molecular complexity index is 1170. The van der Waals surface area contributed by atoms with Crippen LogP contribution >= 0.6 is 0 Å². The molecule has 3 N–H and O–H groups in total. The summed E-state index contributed by atoms with van der Waals surface area (Å²) in [4.78, 5) is 17.9. The summed E-state index contributed by atoms with van der Waals surface area (Å²) in [5.74, 6) is -6.95. The molecule has 3 heterocycles. The largest absolute Gasteiger partial charge is 0.426 e. The van der Waals surface area contributed by atoms with Crippen molar-refractivity contribution in [2.45, 2.75) is 62.4 Å². The highest BCUT2D eigenvalue weighted by molar-refractivity contribution is 5.95. The summed E-state index contributed by atoms with van der Waals surface area (Å²) in [6, 6.07) is 0.358. The summed E-state index contributed by atoms with van der Waals surface area (Å²) in [6.07, 6.45) is -12.6. The lowest BCUT2D eigenvalue weighted by atomic mass is 9.81. The van der Waals surface area contributed by atoms with E-state index in [1.807, 2.05) is 0 Å². The second-order valence-corrected chi connectivity index (χ2v) is 9.28. The summed E-state index contributed by atoms with van der Waals surface area (Å²) in [7, 11) is 0. The van der Waals surface area contributed by atoms with E-state index in [0.29, 0.717) is 6.07 Å². The average molecular weight is 543 g/mol. The number of aliphatic hydroxyl groups is 1. The van der Waals surface area contributed by atoms with Crippen molar-refractivity contribution in [3.05, 3.63) is 23.2 Å². The highest BCUT2D eigenvalue weighted by atomic mass is 19.4. The van der Waals surface area contributed by atoms with Crippen LogP contribution in [0.3, 0.4) is 0 Å². The fraction of sp³-hybridized carbons (Fsp3) is 0.619. The lowest BCUT2D eigenvalue weighted by Gasteiger charge is -2.38. The number of nitrogens with zero attached hydrogens (tertiary/aromatic N) is 4. The van der Waals surface area contributed by atoms with Crippen LogP contribution in [0.15, 0.2) is 10.5 Å². The molecule has 4 rings (SSSR count). The van der Waals surface area contributed by atoms with Gasteiger partial charge in [0.2, 0.25) is 11.5 Å². The Morgan fingerprint density at radius 3 is 2.35 bits per heavy atom. The van der Waals surface area contributed by atoms with Crippen LogP contribution in [0.2, 0.25) is 0 Å². The van der Waals surface area contributed by atoms with Crippen LogP contribution in [-0.4, -0.2) is 56.3 Å². The van der Waals surface area contributed by atoms with E-state index in [-0.39, 0.29) is 32.4 Å². The molecule has 0 unspecified atom stereocenters. The second-order valence-electron chi connectivity index (χ2n) is 9.28. The number of hydrogen-bond donors (Lipinski definition) is 2. The van der Waals surface area contributed by atoms with Gasteiger partial charge in [0.25, 0.3) is 17.7 Å². The molecule has 1 fully saturated rings. The Morgan fingerprint density at radius 2 is 1.76 bits per heavy atom. The van der Waals surface area contributed by atoms with Gasteiger partial charge in [-0.1, -0.05) is 6.42 Å². The number of hydrogen-bond acceptors (Lipinski definition) is 7. The summed E-state index contributed by atoms with van der Waals surface area (Å²) in [5.41, 5.74) is -2.00. The van der Waals surface area contributed by atoms with E-state index in [9.17, 15) is 45.0 Å². The number of carbonyl (C=O) groups excluding carboxylic acids is 1. The maximum atomic E-state index is 13.8. The fourth-order valence-electron chi connectivity index (χ4n) is 4.45. The first-order valence-corrected chi connectivity index (χ1v) is 11.2. The van der Waals surface area contributed by atoms with Crippen LogP contribution in [0.1, 0.15) is 60.5 Å². The van der Waals surface area contributed by atoms with E-state index in [1.54, 1.807) is 0 Å². The Labute approximate surface area is 203 Å². The first-order valence-electron chi connectivity index (χ1n) is 11.2. The van der Waals surface area contributed by atoms with E-state index >= 15 is 0 Å². The molecule has 2 aliphatic rings. The van der Waals surface area contributed by atoms with Crippen molar-refractivity contribution in [2.24, 2.45) is 5.92 Å². The Hall–Kier alpha value is -3.04. The maximum Gasteiger partial charge on any atom is 0.426 e. The zero-order valence-corrected chi connectivity index (χ0v) is 19.0. The summed E-state index contributed by atoms with van der Waals surface area (Å²) >= 11 is 0. The molecule has 204 valence electrons. The van der Waals surface area contributed by atoms with Gasteiger partial charge in [-0.25, -0.2) is 13.8 Å². The van der Waals surface area contributed by atoms with Gasteiger partial charge in [0, 0.05) is 25.9 Å². The van der Waals surface area contributed by atoms with Crippen molar-refractivity contribution in [3.8, 4) is 11.6 Å². The van der Waals surface area contributed by atoms with Gasteiger partial charge in [-0.2, -0.15) is 26.3 Å². The number of aromatic nitrogens is 3. The second kappa shape index (κ2) is 9.06. The number of nitrogens with two attached hydrogens (primary N) is 1. The van der Waals surface area contributed by atoms with E-state index in [1.165, 1.54) is 0 Å². The minimum Gasteiger partial charge on any atom is -0.416 e. The van der Waals surface area contributed by atoms with Gasteiger partial charge >= 0.3 is 12.4 Å². The number of alkyl halides is 8. The Morgan fingerprint density at radius 1 is 1.08 bits per heavy atom. The molecule has 1 saturated carbocycles. The molecular weight excluding hydrogens is 522 g/mol. The van der Waals surface area contributed by atoms with Gasteiger partial charge in [-0.3, -0.25) is 4.79 Å². The number of anilines is 1. The lowest BCUT2D eigenvalue weighted by molar-refractivity contribution is -0.277. The number of carbonyl (C=O) groups is 1. The van der Waals surface area contributed by atoms with E-state index in [2.05, 4.69) is 15.2 Å². The minimum atomic E-state index is -5.24. The number of halogens is 8. The van der Waals surface area contributed by atoms with Crippen molar-refractivity contribution in [3.63, 3.8) is 0 Å². The Balaban J connectivity index is 1.82. The highest BCUT2D eigenvalue weighted by Gasteiger charge is 2.58. The van der Waals surface area contributed by atoms with Crippen LogP contribution in [0.5, 0.6) is 0 Å². The predicted molar refractivity (Wildman–Crippen MR) is 109 cm³/mol. The van der Waals surface area contributed by atoms with Crippen LogP contribution in [0.25, 0.3) is 11.6 Å². The van der Waals surface area contributed by atoms with Gasteiger partial charge in [-0.05, 0) is 31.2 Å². The van der Waals surface area contributed by atoms with Gasteiger partial charge < -0.3 is 20.2 Å². The normalized spacial score (nSPS) is 23.5. The molecule has 2 aromatic rings. The van der Waals surface area contributed by atoms with Crippen molar-refractivity contribution in [2.75, 3.05) is 18.8 Å². The van der Waals surface area contributed by atoms with Gasteiger partial charge in [0.1, 0.15) is 5.69 Å². The van der Waals surface area contributed by atoms with Gasteiger partial charge in [0.05, 0.1) is 11.3 Å². The summed E-state index contributed by atoms with van der Waals surface area (Å²) < 4.78 is 114. The molecule has 1 aliphatic carbocycles. The van der Waals surface area contributed by atoms with E-state index in [0.717, 1.165) is 4.90 Å². The first kappa shape index (κ1) is 27.0. The number of fused-ring (bicyclic) bond motifs is 5. The third kappa shape index (κ3) is 5.20. The molecule has 4 bridgehead atoms. The third-order valence-electron chi connectivity index (χ3n) is 6.42. The summed E-state index contributed by atoms with van der Waals surface area (Å²) in [6.45, 7) is -0.535. The van der Waals surface area contributed by atoms with E-state index in [4.69, 9.17) is 10.2 Å². The molecule has 0 aromatic carbocycles. The molecule has 0 spiro atoms. The number of amides is 1.